The second-order valence-corrected chi connectivity index (χ2v) is 6.98. The van der Waals surface area contributed by atoms with Crippen LogP contribution in [0.4, 0.5) is 0 Å². The van der Waals surface area contributed by atoms with Crippen LogP contribution in [0.5, 0.6) is 0 Å². The Morgan fingerprint density at radius 2 is 2.22 bits per heavy atom. The monoisotopic (exact) mass is 376 g/mol. The van der Waals surface area contributed by atoms with Gasteiger partial charge in [0.1, 0.15) is 11.4 Å². The van der Waals surface area contributed by atoms with E-state index < -0.39 is 6.04 Å². The van der Waals surface area contributed by atoms with Crippen molar-refractivity contribution in [2.45, 2.75) is 18.3 Å². The van der Waals surface area contributed by atoms with E-state index in [1.54, 1.807) is 31.1 Å². The van der Waals surface area contributed by atoms with Gasteiger partial charge in [-0.3, -0.25) is 9.59 Å². The number of methoxy groups -OCH3 is 1. The number of nitrogens with zero attached hydrogens (tertiary/aromatic N) is 1. The van der Waals surface area contributed by atoms with Gasteiger partial charge in [0.05, 0.1) is 22.4 Å². The van der Waals surface area contributed by atoms with Gasteiger partial charge >= 0.3 is 0 Å². The molecular formula is C15H18Cl2N2O3S. The standard InChI is InChI=1S/C15H18Cl2N2O3S/c1-9(14(21)18-5-6-22-2)19-13(20)8-23-15(19)10-3-4-11(16)12(17)7-10/h3-4,7,9,15H,5-6,8H2,1-2H3,(H,18,21)/t9-,15+/m0/s1. The summed E-state index contributed by atoms with van der Waals surface area (Å²) in [5.41, 5.74) is 0.854. The third kappa shape index (κ3) is 4.32. The second kappa shape index (κ2) is 8.24. The molecule has 2 rings (SSSR count). The molecule has 0 bridgehead atoms. The van der Waals surface area contributed by atoms with Gasteiger partial charge in [0, 0.05) is 13.7 Å². The van der Waals surface area contributed by atoms with Crippen molar-refractivity contribution in [1.29, 1.82) is 0 Å². The summed E-state index contributed by atoms with van der Waals surface area (Å²) < 4.78 is 4.91. The topological polar surface area (TPSA) is 58.6 Å². The fraction of sp³-hybridized carbons (Fsp3) is 0.467. The molecule has 0 spiro atoms. The minimum Gasteiger partial charge on any atom is -0.383 e. The number of halogens is 2. The van der Waals surface area contributed by atoms with Crippen LogP contribution in [-0.4, -0.2) is 48.8 Å². The number of hydrogen-bond acceptors (Lipinski definition) is 4. The molecule has 0 radical (unpaired) electrons. The van der Waals surface area contributed by atoms with Gasteiger partial charge in [0.2, 0.25) is 11.8 Å². The molecule has 1 aliphatic heterocycles. The minimum absolute atomic E-state index is 0.0690. The molecular weight excluding hydrogens is 359 g/mol. The lowest BCUT2D eigenvalue weighted by Crippen LogP contribution is -2.47. The smallest absolute Gasteiger partial charge is 0.242 e. The van der Waals surface area contributed by atoms with Gasteiger partial charge in [-0.05, 0) is 24.6 Å². The Morgan fingerprint density at radius 3 is 2.87 bits per heavy atom. The predicted octanol–water partition coefficient (Wildman–Crippen LogP) is 2.72. The van der Waals surface area contributed by atoms with Crippen molar-refractivity contribution < 1.29 is 14.3 Å². The first-order valence-electron chi connectivity index (χ1n) is 7.10. The van der Waals surface area contributed by atoms with E-state index in [9.17, 15) is 9.59 Å². The lowest BCUT2D eigenvalue weighted by Gasteiger charge is -2.29. The van der Waals surface area contributed by atoms with Gasteiger partial charge in [0.25, 0.3) is 0 Å². The Labute approximate surface area is 149 Å². The highest BCUT2D eigenvalue weighted by atomic mass is 35.5. The van der Waals surface area contributed by atoms with E-state index in [0.29, 0.717) is 28.9 Å². The summed E-state index contributed by atoms with van der Waals surface area (Å²) in [5.74, 6) is 0.0593. The quantitative estimate of drug-likeness (QED) is 0.775. The van der Waals surface area contributed by atoms with Crippen LogP contribution in [0.15, 0.2) is 18.2 Å². The molecule has 1 saturated heterocycles. The maximum Gasteiger partial charge on any atom is 0.242 e. The van der Waals surface area contributed by atoms with Crippen LogP contribution in [0.1, 0.15) is 17.9 Å². The van der Waals surface area contributed by atoms with Crippen LogP contribution in [0.2, 0.25) is 10.0 Å². The molecule has 0 unspecified atom stereocenters. The Balaban J connectivity index is 2.15. The van der Waals surface area contributed by atoms with E-state index in [1.807, 2.05) is 6.07 Å². The Bertz CT molecular complexity index is 600. The number of carbonyl (C=O) groups excluding carboxylic acids is 2. The highest BCUT2D eigenvalue weighted by Gasteiger charge is 2.38. The molecule has 0 aliphatic carbocycles. The molecule has 0 saturated carbocycles. The molecule has 8 heteroatoms. The summed E-state index contributed by atoms with van der Waals surface area (Å²) in [5, 5.41) is 3.40. The number of carbonyl (C=O) groups is 2. The van der Waals surface area contributed by atoms with Gasteiger partial charge in [-0.1, -0.05) is 29.3 Å². The third-order valence-corrected chi connectivity index (χ3v) is 5.50. The molecule has 126 valence electrons. The van der Waals surface area contributed by atoms with Gasteiger partial charge < -0.3 is 15.0 Å². The van der Waals surface area contributed by atoms with Crippen LogP contribution < -0.4 is 5.32 Å². The van der Waals surface area contributed by atoms with E-state index in [2.05, 4.69) is 5.32 Å². The summed E-state index contributed by atoms with van der Waals surface area (Å²) in [7, 11) is 1.57. The van der Waals surface area contributed by atoms with Crippen molar-refractivity contribution in [3.05, 3.63) is 33.8 Å². The van der Waals surface area contributed by atoms with E-state index in [4.69, 9.17) is 27.9 Å². The van der Waals surface area contributed by atoms with Gasteiger partial charge in [-0.25, -0.2) is 0 Å². The molecule has 23 heavy (non-hydrogen) atoms. The number of nitrogens with one attached hydrogen (secondary N) is 1. The number of amides is 2. The molecule has 2 atom stereocenters. The van der Waals surface area contributed by atoms with Crippen LogP contribution in [0, 0.1) is 0 Å². The van der Waals surface area contributed by atoms with Crippen molar-refractivity contribution in [3.63, 3.8) is 0 Å². The van der Waals surface area contributed by atoms with Crippen molar-refractivity contribution >= 4 is 46.8 Å². The van der Waals surface area contributed by atoms with Gasteiger partial charge in [-0.2, -0.15) is 0 Å². The molecule has 5 nitrogen and oxygen atoms in total. The van der Waals surface area contributed by atoms with Crippen LogP contribution >= 0.6 is 35.0 Å². The lowest BCUT2D eigenvalue weighted by molar-refractivity contribution is -0.137. The first-order chi connectivity index (χ1) is 11.0. The average Bonchev–Trinajstić information content (AvgIpc) is 2.91. The molecule has 2 amide bonds. The Morgan fingerprint density at radius 1 is 1.48 bits per heavy atom. The number of benzene rings is 1. The zero-order valence-corrected chi connectivity index (χ0v) is 15.2. The van der Waals surface area contributed by atoms with Crippen molar-refractivity contribution in [3.8, 4) is 0 Å². The highest BCUT2D eigenvalue weighted by Crippen LogP contribution is 2.41. The number of thioether (sulfide) groups is 1. The van der Waals surface area contributed by atoms with Crippen LogP contribution in [0.3, 0.4) is 0 Å². The van der Waals surface area contributed by atoms with Crippen LogP contribution in [0.25, 0.3) is 0 Å². The number of rotatable bonds is 6. The lowest BCUT2D eigenvalue weighted by atomic mass is 10.1. The van der Waals surface area contributed by atoms with E-state index >= 15 is 0 Å². The predicted molar refractivity (Wildman–Crippen MR) is 92.9 cm³/mol. The first-order valence-corrected chi connectivity index (χ1v) is 8.90. The minimum atomic E-state index is -0.575. The largest absolute Gasteiger partial charge is 0.383 e. The molecule has 1 aromatic carbocycles. The van der Waals surface area contributed by atoms with Crippen molar-refractivity contribution in [2.75, 3.05) is 26.0 Å². The summed E-state index contributed by atoms with van der Waals surface area (Å²) in [6.45, 7) is 2.56. The highest BCUT2D eigenvalue weighted by molar-refractivity contribution is 8.00. The van der Waals surface area contributed by atoms with E-state index in [0.717, 1.165) is 5.56 Å². The summed E-state index contributed by atoms with van der Waals surface area (Å²) in [6, 6.07) is 4.69. The number of hydrogen-bond donors (Lipinski definition) is 1. The molecule has 1 heterocycles. The Kier molecular flexibility index (Phi) is 6.59. The summed E-state index contributed by atoms with van der Waals surface area (Å²) >= 11 is 13.5. The third-order valence-electron chi connectivity index (χ3n) is 3.54. The van der Waals surface area contributed by atoms with Crippen molar-refractivity contribution in [1.82, 2.24) is 10.2 Å². The van der Waals surface area contributed by atoms with Crippen molar-refractivity contribution in [2.24, 2.45) is 0 Å². The number of ether oxygens (including phenoxy) is 1. The first kappa shape index (κ1) is 18.4. The SMILES string of the molecule is COCCNC(=O)[C@H](C)N1C(=O)CS[C@@H]1c1ccc(Cl)c(Cl)c1. The molecule has 0 aromatic heterocycles. The second-order valence-electron chi connectivity index (χ2n) is 5.10. The fourth-order valence-corrected chi connectivity index (χ4v) is 3.88. The molecule has 1 N–H and O–H groups in total. The fourth-order valence-electron chi connectivity index (χ4n) is 2.33. The maximum atomic E-state index is 12.2. The van der Waals surface area contributed by atoms with E-state index in [1.165, 1.54) is 11.8 Å². The van der Waals surface area contributed by atoms with Crippen LogP contribution in [-0.2, 0) is 14.3 Å². The summed E-state index contributed by atoms with van der Waals surface area (Å²) in [4.78, 5) is 26.0. The summed E-state index contributed by atoms with van der Waals surface area (Å²) in [6.07, 6.45) is 0. The molecule has 1 aromatic rings. The Hall–Kier alpha value is -0.950. The maximum absolute atomic E-state index is 12.2. The van der Waals surface area contributed by atoms with Gasteiger partial charge in [0.15, 0.2) is 0 Å². The van der Waals surface area contributed by atoms with Gasteiger partial charge in [-0.15, -0.1) is 11.8 Å². The zero-order valence-electron chi connectivity index (χ0n) is 12.8. The molecule has 1 aliphatic rings. The zero-order chi connectivity index (χ0) is 17.0. The molecule has 1 fully saturated rings. The normalized spacial score (nSPS) is 19.0. The van der Waals surface area contributed by atoms with E-state index in [-0.39, 0.29) is 17.2 Å². The average molecular weight is 377 g/mol.